The van der Waals surface area contributed by atoms with Gasteiger partial charge in [0.25, 0.3) is 0 Å². The van der Waals surface area contributed by atoms with Crippen molar-refractivity contribution in [2.24, 2.45) is 16.2 Å². The highest BCUT2D eigenvalue weighted by Gasteiger charge is 2.46. The molecule has 0 saturated carbocycles. The molecule has 3 aromatic carbocycles. The maximum absolute atomic E-state index is 12.2. The van der Waals surface area contributed by atoms with Crippen LogP contribution in [0, 0.1) is 23.2 Å². The van der Waals surface area contributed by atoms with Crippen molar-refractivity contribution in [3.05, 3.63) is 90.0 Å². The Morgan fingerprint density at radius 1 is 0.800 bits per heavy atom. The number of aliphatic hydroxyl groups is 1. The van der Waals surface area contributed by atoms with Crippen LogP contribution >= 0.6 is 0 Å². The number of esters is 1. The van der Waals surface area contributed by atoms with Crippen LogP contribution < -0.4 is 9.47 Å². The Balaban J connectivity index is 1.53. The molecule has 0 aliphatic rings. The molecular formula is C35H44O5. The van der Waals surface area contributed by atoms with E-state index in [2.05, 4.69) is 48.5 Å². The fourth-order valence-electron chi connectivity index (χ4n) is 4.63. The van der Waals surface area contributed by atoms with E-state index < -0.39 is 17.7 Å². The van der Waals surface area contributed by atoms with Crippen molar-refractivity contribution in [1.82, 2.24) is 0 Å². The Bertz CT molecular complexity index is 1260. The third kappa shape index (κ3) is 8.80. The van der Waals surface area contributed by atoms with Gasteiger partial charge in [-0.05, 0) is 71.2 Å². The largest absolute Gasteiger partial charge is 0.467 e. The van der Waals surface area contributed by atoms with Gasteiger partial charge in [0, 0.05) is 11.5 Å². The van der Waals surface area contributed by atoms with Crippen LogP contribution in [0.4, 0.5) is 0 Å². The second-order valence-corrected chi connectivity index (χ2v) is 12.9. The van der Waals surface area contributed by atoms with E-state index in [-0.39, 0.29) is 17.6 Å². The minimum absolute atomic E-state index is 0.0433. The van der Waals surface area contributed by atoms with E-state index in [9.17, 15) is 9.90 Å². The Hall–Kier alpha value is -3.41. The highest BCUT2D eigenvalue weighted by molar-refractivity contribution is 5.88. The molecule has 0 fully saturated rings. The summed E-state index contributed by atoms with van der Waals surface area (Å²) in [6, 6.07) is 22.9. The predicted molar refractivity (Wildman–Crippen MR) is 162 cm³/mol. The molecule has 2 atom stereocenters. The smallest absolute Gasteiger partial charge is 0.336 e. The predicted octanol–water partition coefficient (Wildman–Crippen LogP) is 8.44. The lowest BCUT2D eigenvalue weighted by Gasteiger charge is -2.48. The first-order valence-electron chi connectivity index (χ1n) is 13.8. The van der Waals surface area contributed by atoms with Gasteiger partial charge in [0.05, 0.1) is 0 Å². The average Bonchev–Trinajstić information content (AvgIpc) is 2.87. The minimum atomic E-state index is -0.961. The fraction of sp³-hybridized carbons (Fsp3) is 0.400. The van der Waals surface area contributed by atoms with Gasteiger partial charge in [-0.25, -0.2) is 4.79 Å². The molecule has 3 rings (SSSR count). The number of benzene rings is 3. The number of carbonyl (C=O) groups is 1. The number of aliphatic hydroxyl groups excluding tert-OH is 1. The van der Waals surface area contributed by atoms with Crippen molar-refractivity contribution < 1.29 is 24.1 Å². The second kappa shape index (κ2) is 12.8. The molecule has 1 unspecified atom stereocenters. The van der Waals surface area contributed by atoms with Crippen LogP contribution in [0.25, 0.3) is 17.2 Å². The van der Waals surface area contributed by atoms with E-state index >= 15 is 0 Å². The molecule has 0 aliphatic carbocycles. The summed E-state index contributed by atoms with van der Waals surface area (Å²) < 4.78 is 17.0. The molecule has 0 amide bonds. The summed E-state index contributed by atoms with van der Waals surface area (Å²) in [5.74, 6) is 0.699. The third-order valence-corrected chi connectivity index (χ3v) is 7.36. The normalized spacial score (nSPS) is 14.5. The minimum Gasteiger partial charge on any atom is -0.467 e. The first-order valence-corrected chi connectivity index (χ1v) is 13.8. The van der Waals surface area contributed by atoms with Gasteiger partial charge in [-0.3, -0.25) is 0 Å². The van der Waals surface area contributed by atoms with Crippen molar-refractivity contribution in [3.63, 3.8) is 0 Å². The summed E-state index contributed by atoms with van der Waals surface area (Å²) in [5.41, 5.74) is 3.52. The molecule has 5 heteroatoms. The zero-order valence-electron chi connectivity index (χ0n) is 25.2. The second-order valence-electron chi connectivity index (χ2n) is 12.9. The monoisotopic (exact) mass is 544 g/mol. The highest BCUT2D eigenvalue weighted by atomic mass is 16.7. The average molecular weight is 545 g/mol. The molecular weight excluding hydrogens is 500 g/mol. The quantitative estimate of drug-likeness (QED) is 0.120. The maximum Gasteiger partial charge on any atom is 0.336 e. The number of aryl methyl sites for hydroxylation is 1. The van der Waals surface area contributed by atoms with E-state index in [4.69, 9.17) is 14.2 Å². The SMILES string of the molecule is Cc1ccc(C=CC(=O)Oc2ccc(-c3ccc(OCOC(O)[C@](C)(CC(C)(C)C)C(C)(C)C)cc3)cc2)cc1. The Kier molecular flexibility index (Phi) is 9.99. The van der Waals surface area contributed by atoms with Gasteiger partial charge in [-0.2, -0.15) is 0 Å². The Morgan fingerprint density at radius 3 is 1.82 bits per heavy atom. The van der Waals surface area contributed by atoms with Crippen LogP contribution in [0.15, 0.2) is 78.9 Å². The number of rotatable bonds is 10. The van der Waals surface area contributed by atoms with Gasteiger partial charge in [0.15, 0.2) is 13.1 Å². The van der Waals surface area contributed by atoms with Crippen molar-refractivity contribution in [2.75, 3.05) is 6.79 Å². The van der Waals surface area contributed by atoms with Crippen molar-refractivity contribution in [2.45, 2.75) is 68.1 Å². The summed E-state index contributed by atoms with van der Waals surface area (Å²) in [7, 11) is 0. The number of hydrogen-bond acceptors (Lipinski definition) is 5. The standard InChI is InChI=1S/C35H44O5/c1-25-9-11-26(12-10-25)13-22-31(36)40-30-20-16-28(17-21-30)27-14-18-29(19-15-27)38-24-39-32(37)35(8,34(5,6)7)23-33(2,3)4/h9-22,32,37H,23-24H2,1-8H3/t32?,35-/m0/s1. The summed E-state index contributed by atoms with van der Waals surface area (Å²) in [6.07, 6.45) is 3.01. The lowest BCUT2D eigenvalue weighted by atomic mass is 9.61. The third-order valence-electron chi connectivity index (χ3n) is 7.36. The van der Waals surface area contributed by atoms with Crippen molar-refractivity contribution >= 4 is 12.0 Å². The molecule has 1 N–H and O–H groups in total. The molecule has 214 valence electrons. The van der Waals surface area contributed by atoms with E-state index in [1.165, 1.54) is 11.6 Å². The number of ether oxygens (including phenoxy) is 3. The van der Waals surface area contributed by atoms with Crippen LogP contribution in [-0.4, -0.2) is 24.2 Å². The summed E-state index contributed by atoms with van der Waals surface area (Å²) in [5, 5.41) is 11.0. The van der Waals surface area contributed by atoms with E-state index in [0.29, 0.717) is 11.5 Å². The molecule has 0 saturated heterocycles. The van der Waals surface area contributed by atoms with Crippen LogP contribution in [0.3, 0.4) is 0 Å². The maximum atomic E-state index is 12.2. The molecule has 0 aromatic heterocycles. The van der Waals surface area contributed by atoms with Gasteiger partial charge in [-0.15, -0.1) is 0 Å². The first kappa shape index (κ1) is 31.1. The topological polar surface area (TPSA) is 65.0 Å². The summed E-state index contributed by atoms with van der Waals surface area (Å²) in [6.45, 7) is 17.0. The van der Waals surface area contributed by atoms with Crippen molar-refractivity contribution in [3.8, 4) is 22.6 Å². The lowest BCUT2D eigenvalue weighted by Crippen LogP contribution is -2.47. The zero-order valence-corrected chi connectivity index (χ0v) is 25.2. The van der Waals surface area contributed by atoms with Crippen molar-refractivity contribution in [1.29, 1.82) is 0 Å². The fourth-order valence-corrected chi connectivity index (χ4v) is 4.63. The van der Waals surface area contributed by atoms with Gasteiger partial charge in [0.1, 0.15) is 11.5 Å². The van der Waals surface area contributed by atoms with Crippen LogP contribution in [0.1, 0.15) is 66.0 Å². The lowest BCUT2D eigenvalue weighted by molar-refractivity contribution is -0.233. The van der Waals surface area contributed by atoms with Crippen LogP contribution in [-0.2, 0) is 9.53 Å². The Labute approximate surface area is 239 Å². The molecule has 5 nitrogen and oxygen atoms in total. The van der Waals surface area contributed by atoms with Crippen LogP contribution in [0.2, 0.25) is 0 Å². The Morgan fingerprint density at radius 2 is 1.32 bits per heavy atom. The molecule has 3 aromatic rings. The van der Waals surface area contributed by atoms with Gasteiger partial charge in [0.2, 0.25) is 0 Å². The molecule has 0 radical (unpaired) electrons. The van der Waals surface area contributed by atoms with E-state index in [0.717, 1.165) is 23.1 Å². The summed E-state index contributed by atoms with van der Waals surface area (Å²) in [4.78, 5) is 12.2. The van der Waals surface area contributed by atoms with E-state index in [1.807, 2.05) is 67.6 Å². The van der Waals surface area contributed by atoms with Gasteiger partial charge in [-0.1, -0.05) is 103 Å². The first-order chi connectivity index (χ1) is 18.7. The van der Waals surface area contributed by atoms with Gasteiger partial charge < -0.3 is 19.3 Å². The zero-order chi connectivity index (χ0) is 29.6. The number of carbonyl (C=O) groups excluding carboxylic acids is 1. The molecule has 0 heterocycles. The molecule has 0 aliphatic heterocycles. The highest BCUT2D eigenvalue weighted by Crippen LogP contribution is 2.49. The number of hydrogen-bond donors (Lipinski definition) is 1. The van der Waals surface area contributed by atoms with Gasteiger partial charge >= 0.3 is 5.97 Å². The summed E-state index contributed by atoms with van der Waals surface area (Å²) >= 11 is 0. The molecule has 40 heavy (non-hydrogen) atoms. The van der Waals surface area contributed by atoms with Crippen LogP contribution in [0.5, 0.6) is 11.5 Å². The molecule has 0 spiro atoms. The molecule has 0 bridgehead atoms. The van der Waals surface area contributed by atoms with E-state index in [1.54, 1.807) is 18.2 Å².